The molecule has 1 unspecified atom stereocenters. The molecule has 0 saturated carbocycles. The van der Waals surface area contributed by atoms with Crippen LogP contribution in [0.2, 0.25) is 0 Å². The van der Waals surface area contributed by atoms with Gasteiger partial charge in [-0.15, -0.1) is 0 Å². The molecule has 0 fully saturated rings. The number of hydrogen-bond acceptors (Lipinski definition) is 7. The molecule has 0 radical (unpaired) electrons. The van der Waals surface area contributed by atoms with Crippen molar-refractivity contribution in [1.29, 1.82) is 0 Å². The number of phenols is 1. The molecule has 3 aromatic carbocycles. The number of rotatable bonds is 5. The van der Waals surface area contributed by atoms with Gasteiger partial charge in [-0.25, -0.2) is 4.79 Å². The van der Waals surface area contributed by atoms with E-state index in [1.54, 1.807) is 30.3 Å². The molecule has 1 heterocycles. The third kappa shape index (κ3) is 9.05. The molecule has 44 heavy (non-hydrogen) atoms. The smallest absolute Gasteiger partial charge is 0.326 e. The van der Waals surface area contributed by atoms with Crippen LogP contribution < -0.4 is 26.0 Å². The van der Waals surface area contributed by atoms with Crippen molar-refractivity contribution in [2.24, 2.45) is 0 Å². The SMILES string of the molecule is O=C1C[C@@H](C(=O)O)NC(=O)c2ccccc2OCCCNC(=O)C(Cc2ccccc2)NC(=O)[C@H](Cc2ccc(O)cc2)N1. The van der Waals surface area contributed by atoms with Crippen LogP contribution in [-0.4, -0.2) is 71.1 Å². The fourth-order valence-corrected chi connectivity index (χ4v) is 4.65. The predicted molar refractivity (Wildman–Crippen MR) is 159 cm³/mol. The number of aliphatic carboxylic acids is 1. The number of amides is 4. The van der Waals surface area contributed by atoms with E-state index in [0.29, 0.717) is 12.0 Å². The van der Waals surface area contributed by atoms with Crippen LogP contribution in [-0.2, 0) is 32.0 Å². The molecule has 230 valence electrons. The van der Waals surface area contributed by atoms with Crippen molar-refractivity contribution in [2.45, 2.75) is 43.8 Å². The van der Waals surface area contributed by atoms with Gasteiger partial charge in [-0.3, -0.25) is 19.2 Å². The van der Waals surface area contributed by atoms with Crippen molar-refractivity contribution in [3.8, 4) is 11.5 Å². The molecule has 3 aromatic rings. The minimum atomic E-state index is -1.61. The van der Waals surface area contributed by atoms with Crippen molar-refractivity contribution in [3.05, 3.63) is 95.6 Å². The maximum absolute atomic E-state index is 13.6. The van der Waals surface area contributed by atoms with Crippen LogP contribution in [0.3, 0.4) is 0 Å². The summed E-state index contributed by atoms with van der Waals surface area (Å²) in [6.07, 6.45) is -0.135. The standard InChI is InChI=1S/C32H34N4O8/c37-22-13-11-21(12-14-22)18-25-31(41)35-24(17-20-7-2-1-3-8-20)30(40)33-15-6-16-44-27-10-5-4-9-23(27)29(39)36-26(32(42)43)19-28(38)34-25/h1-5,7-14,24-26,37H,6,15-19H2,(H,33,40)(H,34,38)(H,35,41)(H,36,39)(H,42,43)/t24?,25-,26-/m0/s1. The average molecular weight is 603 g/mol. The maximum Gasteiger partial charge on any atom is 0.326 e. The van der Waals surface area contributed by atoms with Crippen LogP contribution in [0.4, 0.5) is 0 Å². The van der Waals surface area contributed by atoms with E-state index in [-0.39, 0.29) is 43.1 Å². The zero-order valence-corrected chi connectivity index (χ0v) is 23.8. The number of hydrogen-bond donors (Lipinski definition) is 6. The number of nitrogens with one attached hydrogen (secondary N) is 4. The van der Waals surface area contributed by atoms with Gasteiger partial charge in [0.1, 0.15) is 29.6 Å². The number of para-hydroxylation sites is 1. The van der Waals surface area contributed by atoms with E-state index >= 15 is 0 Å². The lowest BCUT2D eigenvalue weighted by Crippen LogP contribution is -2.56. The molecule has 1 aliphatic rings. The molecule has 4 amide bonds. The van der Waals surface area contributed by atoms with Gasteiger partial charge < -0.3 is 36.2 Å². The fraction of sp³-hybridized carbons (Fsp3) is 0.281. The summed E-state index contributed by atoms with van der Waals surface area (Å²) < 4.78 is 5.75. The third-order valence-electron chi connectivity index (χ3n) is 6.95. The van der Waals surface area contributed by atoms with Gasteiger partial charge in [-0.05, 0) is 41.8 Å². The van der Waals surface area contributed by atoms with Crippen molar-refractivity contribution >= 4 is 29.6 Å². The van der Waals surface area contributed by atoms with Crippen LogP contribution in [0, 0.1) is 0 Å². The highest BCUT2D eigenvalue weighted by Crippen LogP contribution is 2.19. The fourth-order valence-electron chi connectivity index (χ4n) is 4.65. The number of carboxylic acids is 1. The van der Waals surface area contributed by atoms with Crippen LogP contribution in [0.1, 0.15) is 34.3 Å². The molecule has 0 aromatic heterocycles. The van der Waals surface area contributed by atoms with E-state index in [4.69, 9.17) is 4.74 Å². The Labute approximate surface area is 253 Å². The van der Waals surface area contributed by atoms with Crippen LogP contribution in [0.15, 0.2) is 78.9 Å². The first-order chi connectivity index (χ1) is 21.2. The summed E-state index contributed by atoms with van der Waals surface area (Å²) in [5, 5.41) is 30.0. The molecule has 12 heteroatoms. The van der Waals surface area contributed by atoms with Crippen LogP contribution in [0.5, 0.6) is 11.5 Å². The molecule has 0 bridgehead atoms. The minimum Gasteiger partial charge on any atom is -0.508 e. The largest absolute Gasteiger partial charge is 0.508 e. The summed E-state index contributed by atoms with van der Waals surface area (Å²) in [5.41, 5.74) is 1.47. The summed E-state index contributed by atoms with van der Waals surface area (Å²) in [6, 6.07) is 17.6. The Kier molecular flexibility index (Phi) is 10.9. The molecule has 4 rings (SSSR count). The molecule has 3 atom stereocenters. The van der Waals surface area contributed by atoms with Crippen molar-refractivity contribution in [3.63, 3.8) is 0 Å². The second-order valence-corrected chi connectivity index (χ2v) is 10.3. The number of benzene rings is 3. The summed E-state index contributed by atoms with van der Waals surface area (Å²) in [7, 11) is 0. The highest BCUT2D eigenvalue weighted by molar-refractivity contribution is 6.00. The van der Waals surface area contributed by atoms with Gasteiger partial charge in [0, 0.05) is 19.4 Å². The minimum absolute atomic E-state index is 0.0126. The highest BCUT2D eigenvalue weighted by atomic mass is 16.5. The van der Waals surface area contributed by atoms with Crippen molar-refractivity contribution in [1.82, 2.24) is 21.3 Å². The summed E-state index contributed by atoms with van der Waals surface area (Å²) >= 11 is 0. The van der Waals surface area contributed by atoms with Gasteiger partial charge in [-0.1, -0.05) is 54.6 Å². The average Bonchev–Trinajstić information content (AvgIpc) is 3.01. The quantitative estimate of drug-likeness (QED) is 0.253. The number of fused-ring (bicyclic) bond motifs is 1. The normalized spacial score (nSPS) is 20.3. The first-order valence-corrected chi connectivity index (χ1v) is 14.1. The predicted octanol–water partition coefficient (Wildman–Crippen LogP) is 1.32. The Morgan fingerprint density at radius 2 is 1.41 bits per heavy atom. The molecule has 0 aliphatic carbocycles. The number of carbonyl (C=O) groups excluding carboxylic acids is 4. The molecule has 6 N–H and O–H groups in total. The van der Waals surface area contributed by atoms with Crippen LogP contribution in [0.25, 0.3) is 0 Å². The Hall–Kier alpha value is -5.39. The van der Waals surface area contributed by atoms with E-state index in [1.807, 2.05) is 30.3 Å². The number of phenolic OH excluding ortho intramolecular Hbond substituents is 1. The van der Waals surface area contributed by atoms with Gasteiger partial charge in [0.2, 0.25) is 17.7 Å². The van der Waals surface area contributed by atoms with Crippen molar-refractivity contribution in [2.75, 3.05) is 13.2 Å². The van der Waals surface area contributed by atoms with E-state index in [2.05, 4.69) is 21.3 Å². The first kappa shape index (κ1) is 31.5. The zero-order valence-electron chi connectivity index (χ0n) is 23.8. The lowest BCUT2D eigenvalue weighted by molar-refractivity contribution is -0.141. The Balaban J connectivity index is 1.64. The molecule has 0 saturated heterocycles. The third-order valence-corrected chi connectivity index (χ3v) is 6.95. The van der Waals surface area contributed by atoms with E-state index in [0.717, 1.165) is 5.56 Å². The Morgan fingerprint density at radius 1 is 0.773 bits per heavy atom. The van der Waals surface area contributed by atoms with Gasteiger partial charge in [0.15, 0.2) is 0 Å². The Bertz CT molecular complexity index is 1480. The van der Waals surface area contributed by atoms with Crippen molar-refractivity contribution < 1.29 is 38.9 Å². The van der Waals surface area contributed by atoms with E-state index in [9.17, 15) is 34.2 Å². The molecule has 0 spiro atoms. The number of aromatic hydroxyl groups is 1. The number of carbonyl (C=O) groups is 5. The molecule has 1 aliphatic heterocycles. The van der Waals surface area contributed by atoms with E-state index < -0.39 is 54.1 Å². The number of ether oxygens (including phenoxy) is 1. The second kappa shape index (κ2) is 15.2. The topological polar surface area (TPSA) is 183 Å². The molecule has 12 nitrogen and oxygen atoms in total. The lowest BCUT2D eigenvalue weighted by atomic mass is 10.0. The summed E-state index contributed by atoms with van der Waals surface area (Å²) in [6.45, 7) is 0.350. The van der Waals surface area contributed by atoms with Gasteiger partial charge in [-0.2, -0.15) is 0 Å². The van der Waals surface area contributed by atoms with Crippen LogP contribution >= 0.6 is 0 Å². The maximum atomic E-state index is 13.6. The highest BCUT2D eigenvalue weighted by Gasteiger charge is 2.30. The second-order valence-electron chi connectivity index (χ2n) is 10.3. The van der Waals surface area contributed by atoms with E-state index in [1.165, 1.54) is 18.2 Å². The van der Waals surface area contributed by atoms with Gasteiger partial charge in [0.05, 0.1) is 18.6 Å². The van der Waals surface area contributed by atoms with Gasteiger partial charge >= 0.3 is 5.97 Å². The monoisotopic (exact) mass is 602 g/mol. The van der Waals surface area contributed by atoms with Gasteiger partial charge in [0.25, 0.3) is 5.91 Å². The summed E-state index contributed by atoms with van der Waals surface area (Å²) in [5.74, 6) is -3.89. The molecular weight excluding hydrogens is 568 g/mol. The molecular formula is C32H34N4O8. The Morgan fingerprint density at radius 3 is 2.11 bits per heavy atom. The first-order valence-electron chi connectivity index (χ1n) is 14.1. The number of carboxylic acid groups (broad SMARTS) is 1. The lowest BCUT2D eigenvalue weighted by Gasteiger charge is -2.24. The summed E-state index contributed by atoms with van der Waals surface area (Å²) in [4.78, 5) is 65.1. The zero-order chi connectivity index (χ0) is 31.5.